The van der Waals surface area contributed by atoms with Crippen molar-refractivity contribution in [3.8, 4) is 0 Å². The van der Waals surface area contributed by atoms with Crippen LogP contribution >= 0.6 is 0 Å². The van der Waals surface area contributed by atoms with Crippen LogP contribution in [0.5, 0.6) is 0 Å². The number of hydrogen-bond acceptors (Lipinski definition) is 5. The Hall–Kier alpha value is -1.92. The number of aliphatic carboxylic acids is 1. The van der Waals surface area contributed by atoms with Crippen LogP contribution in [0.3, 0.4) is 0 Å². The molecule has 0 saturated heterocycles. The van der Waals surface area contributed by atoms with Gasteiger partial charge in [-0.25, -0.2) is 0 Å². The molecule has 0 bridgehead atoms. The molecule has 0 unspecified atom stereocenters. The topological polar surface area (TPSA) is 105 Å². The Morgan fingerprint density at radius 3 is 2.50 bits per heavy atom. The van der Waals surface area contributed by atoms with Crippen molar-refractivity contribution in [2.45, 2.75) is 57.4 Å². The van der Waals surface area contributed by atoms with E-state index in [0.29, 0.717) is 31.0 Å². The van der Waals surface area contributed by atoms with Gasteiger partial charge < -0.3 is 14.9 Å². The Kier molecular flexibility index (Phi) is 3.88. The highest BCUT2D eigenvalue weighted by Crippen LogP contribution is 2.39. The molecule has 2 aliphatic carbocycles. The molecule has 2 aliphatic rings. The van der Waals surface area contributed by atoms with Crippen molar-refractivity contribution in [2.75, 3.05) is 0 Å². The summed E-state index contributed by atoms with van der Waals surface area (Å²) in [6.45, 7) is 1.73. The largest absolute Gasteiger partial charge is 0.481 e. The van der Waals surface area contributed by atoms with E-state index in [0.717, 1.165) is 25.7 Å². The van der Waals surface area contributed by atoms with Crippen LogP contribution in [-0.2, 0) is 15.1 Å². The van der Waals surface area contributed by atoms with Gasteiger partial charge in [0.1, 0.15) is 5.54 Å². The number of carbonyl (C=O) groups excluding carboxylic acids is 1. The molecule has 1 amide bonds. The summed E-state index contributed by atoms with van der Waals surface area (Å²) < 4.78 is 5.07. The van der Waals surface area contributed by atoms with Crippen molar-refractivity contribution in [3.05, 3.63) is 11.7 Å². The average molecular weight is 307 g/mol. The summed E-state index contributed by atoms with van der Waals surface area (Å²) in [5.74, 6) is -0.479. The van der Waals surface area contributed by atoms with Gasteiger partial charge in [0.2, 0.25) is 11.8 Å². The van der Waals surface area contributed by atoms with E-state index in [-0.39, 0.29) is 11.8 Å². The summed E-state index contributed by atoms with van der Waals surface area (Å²) in [5.41, 5.74) is -0.545. The molecule has 22 heavy (non-hydrogen) atoms. The number of carboxylic acids is 1. The lowest BCUT2D eigenvalue weighted by atomic mass is 9.94. The summed E-state index contributed by atoms with van der Waals surface area (Å²) in [7, 11) is 0. The molecular formula is C15H21N3O4. The molecule has 7 nitrogen and oxygen atoms in total. The SMILES string of the molecule is Cc1nc(C2(NC(=O)[C@@H]3CC[C@H](C(=O)O)C3)CCCC2)no1. The molecule has 2 saturated carbocycles. The first-order valence-corrected chi connectivity index (χ1v) is 7.86. The number of carbonyl (C=O) groups is 2. The summed E-state index contributed by atoms with van der Waals surface area (Å²) in [5, 5.41) is 16.2. The van der Waals surface area contributed by atoms with Crippen LogP contribution < -0.4 is 5.32 Å². The molecule has 120 valence electrons. The predicted octanol–water partition coefficient (Wildman–Crippen LogP) is 1.76. The van der Waals surface area contributed by atoms with Crippen LogP contribution in [0, 0.1) is 18.8 Å². The second-order valence-electron chi connectivity index (χ2n) is 6.46. The van der Waals surface area contributed by atoms with Gasteiger partial charge in [-0.05, 0) is 32.1 Å². The van der Waals surface area contributed by atoms with Crippen LogP contribution in [0.15, 0.2) is 4.52 Å². The maximum Gasteiger partial charge on any atom is 0.306 e. The van der Waals surface area contributed by atoms with E-state index in [1.54, 1.807) is 6.92 Å². The second-order valence-corrected chi connectivity index (χ2v) is 6.46. The maximum atomic E-state index is 12.6. The molecule has 7 heteroatoms. The lowest BCUT2D eigenvalue weighted by Crippen LogP contribution is -2.46. The van der Waals surface area contributed by atoms with E-state index in [1.165, 1.54) is 0 Å². The van der Waals surface area contributed by atoms with Crippen molar-refractivity contribution < 1.29 is 19.2 Å². The van der Waals surface area contributed by atoms with Gasteiger partial charge in [0.15, 0.2) is 5.82 Å². The molecule has 1 heterocycles. The zero-order chi connectivity index (χ0) is 15.7. The van der Waals surface area contributed by atoms with Gasteiger partial charge in [-0.2, -0.15) is 4.98 Å². The molecule has 0 aliphatic heterocycles. The Bertz CT molecular complexity index is 577. The highest BCUT2D eigenvalue weighted by molar-refractivity contribution is 5.81. The van der Waals surface area contributed by atoms with Gasteiger partial charge >= 0.3 is 5.97 Å². The normalized spacial score (nSPS) is 27.0. The van der Waals surface area contributed by atoms with Crippen molar-refractivity contribution in [3.63, 3.8) is 0 Å². The summed E-state index contributed by atoms with van der Waals surface area (Å²) in [6, 6.07) is 0. The first-order chi connectivity index (χ1) is 10.5. The van der Waals surface area contributed by atoms with Crippen LogP contribution in [0.2, 0.25) is 0 Å². The fourth-order valence-electron chi connectivity index (χ4n) is 3.66. The Morgan fingerprint density at radius 2 is 1.95 bits per heavy atom. The molecule has 2 atom stereocenters. The van der Waals surface area contributed by atoms with Gasteiger partial charge in [0, 0.05) is 12.8 Å². The summed E-state index contributed by atoms with van der Waals surface area (Å²) in [6.07, 6.45) is 5.24. The minimum atomic E-state index is -0.806. The van der Waals surface area contributed by atoms with E-state index in [4.69, 9.17) is 9.63 Å². The Morgan fingerprint density at radius 1 is 1.27 bits per heavy atom. The number of nitrogens with one attached hydrogen (secondary N) is 1. The number of aromatic nitrogens is 2. The van der Waals surface area contributed by atoms with Crippen LogP contribution in [0.1, 0.15) is 56.7 Å². The van der Waals surface area contributed by atoms with E-state index < -0.39 is 17.4 Å². The molecule has 0 spiro atoms. The fourth-order valence-corrected chi connectivity index (χ4v) is 3.66. The average Bonchev–Trinajstić information content (AvgIpc) is 3.17. The van der Waals surface area contributed by atoms with Gasteiger partial charge in [0.05, 0.1) is 5.92 Å². The zero-order valence-electron chi connectivity index (χ0n) is 12.7. The number of aryl methyl sites for hydroxylation is 1. The van der Waals surface area contributed by atoms with E-state index in [1.807, 2.05) is 0 Å². The number of rotatable bonds is 4. The number of hydrogen-bond donors (Lipinski definition) is 2. The van der Waals surface area contributed by atoms with Gasteiger partial charge in [-0.15, -0.1) is 0 Å². The Labute approximate surface area is 128 Å². The monoisotopic (exact) mass is 307 g/mol. The van der Waals surface area contributed by atoms with E-state index >= 15 is 0 Å². The maximum absolute atomic E-state index is 12.6. The third kappa shape index (κ3) is 2.71. The summed E-state index contributed by atoms with van der Waals surface area (Å²) >= 11 is 0. The number of nitrogens with zero attached hydrogens (tertiary/aromatic N) is 2. The summed E-state index contributed by atoms with van der Waals surface area (Å²) in [4.78, 5) is 27.9. The zero-order valence-corrected chi connectivity index (χ0v) is 12.7. The second kappa shape index (κ2) is 5.70. The van der Waals surface area contributed by atoms with Gasteiger partial charge in [0.25, 0.3) is 0 Å². The smallest absolute Gasteiger partial charge is 0.306 e. The van der Waals surface area contributed by atoms with Crippen LogP contribution in [0.4, 0.5) is 0 Å². The lowest BCUT2D eigenvalue weighted by molar-refractivity contribution is -0.141. The van der Waals surface area contributed by atoms with Gasteiger partial charge in [-0.3, -0.25) is 9.59 Å². The highest BCUT2D eigenvalue weighted by atomic mass is 16.5. The lowest BCUT2D eigenvalue weighted by Gasteiger charge is -2.28. The van der Waals surface area contributed by atoms with Crippen LogP contribution in [-0.4, -0.2) is 27.1 Å². The number of carboxylic acid groups (broad SMARTS) is 1. The molecular weight excluding hydrogens is 286 g/mol. The minimum absolute atomic E-state index is 0.0758. The predicted molar refractivity (Wildman–Crippen MR) is 75.8 cm³/mol. The standard InChI is InChI=1S/C15H21N3O4/c1-9-16-14(18-22-9)15(6-2-3-7-15)17-12(19)10-4-5-11(8-10)13(20)21/h10-11H,2-8H2,1H3,(H,17,19)(H,20,21)/t10-,11+/m1/s1. The molecule has 1 aromatic rings. The molecule has 2 N–H and O–H groups in total. The minimum Gasteiger partial charge on any atom is -0.481 e. The van der Waals surface area contributed by atoms with E-state index in [9.17, 15) is 9.59 Å². The van der Waals surface area contributed by atoms with Crippen LogP contribution in [0.25, 0.3) is 0 Å². The third-order valence-electron chi connectivity index (χ3n) is 4.93. The molecule has 0 radical (unpaired) electrons. The highest BCUT2D eigenvalue weighted by Gasteiger charge is 2.43. The fraction of sp³-hybridized carbons (Fsp3) is 0.733. The Balaban J connectivity index is 1.72. The molecule has 2 fully saturated rings. The van der Waals surface area contributed by atoms with Crippen molar-refractivity contribution >= 4 is 11.9 Å². The molecule has 3 rings (SSSR count). The van der Waals surface area contributed by atoms with Crippen molar-refractivity contribution in [2.24, 2.45) is 11.8 Å². The molecule has 1 aromatic heterocycles. The molecule has 0 aromatic carbocycles. The van der Waals surface area contributed by atoms with E-state index in [2.05, 4.69) is 15.5 Å². The number of amides is 1. The van der Waals surface area contributed by atoms with Crippen molar-refractivity contribution in [1.29, 1.82) is 0 Å². The first-order valence-electron chi connectivity index (χ1n) is 7.86. The van der Waals surface area contributed by atoms with Gasteiger partial charge in [-0.1, -0.05) is 18.0 Å². The third-order valence-corrected chi connectivity index (χ3v) is 4.93. The van der Waals surface area contributed by atoms with Crippen molar-refractivity contribution in [1.82, 2.24) is 15.5 Å². The quantitative estimate of drug-likeness (QED) is 0.878. The first kappa shape index (κ1) is 15.0.